The lowest BCUT2D eigenvalue weighted by molar-refractivity contribution is -0.121. The van der Waals surface area contributed by atoms with Crippen LogP contribution < -0.4 is 10.7 Å². The van der Waals surface area contributed by atoms with Gasteiger partial charge in [0.25, 0.3) is 5.91 Å². The number of pyridine rings is 2. The molecule has 3 heterocycles. The molecule has 7 nitrogen and oxygen atoms in total. The molecule has 0 unspecified atom stereocenters. The minimum Gasteiger partial charge on any atom is -0.360 e. The van der Waals surface area contributed by atoms with E-state index in [1.807, 2.05) is 12.1 Å². The van der Waals surface area contributed by atoms with Crippen LogP contribution in [0, 0.1) is 5.92 Å². The van der Waals surface area contributed by atoms with E-state index in [4.69, 9.17) is 0 Å². The van der Waals surface area contributed by atoms with Gasteiger partial charge in [-0.3, -0.25) is 14.4 Å². The number of halogens is 1. The number of fused-ring (bicyclic) bond motifs is 1. The Kier molecular flexibility index (Phi) is 5.44. The average molecular weight is 455 g/mol. The number of para-hydroxylation sites is 1. The third kappa shape index (κ3) is 4.07. The monoisotopic (exact) mass is 454 g/mol. The zero-order chi connectivity index (χ0) is 20.4. The van der Waals surface area contributed by atoms with Crippen molar-refractivity contribution in [3.8, 4) is 0 Å². The number of aromatic amines is 1. The van der Waals surface area contributed by atoms with Crippen LogP contribution in [0.3, 0.4) is 0 Å². The first-order valence-electron chi connectivity index (χ1n) is 9.35. The molecule has 1 saturated heterocycles. The molecule has 1 aliphatic heterocycles. The number of aromatic nitrogens is 2. The number of nitrogens with one attached hydrogen (secondary N) is 2. The molecule has 1 fully saturated rings. The van der Waals surface area contributed by atoms with Crippen LogP contribution >= 0.6 is 15.9 Å². The molecular weight excluding hydrogens is 436 g/mol. The summed E-state index contributed by atoms with van der Waals surface area (Å²) in [5.74, 6) is -0.0975. The van der Waals surface area contributed by atoms with Crippen LogP contribution in [0.4, 0.5) is 5.82 Å². The molecule has 4 rings (SSSR count). The van der Waals surface area contributed by atoms with Gasteiger partial charge in [-0.2, -0.15) is 0 Å². The van der Waals surface area contributed by atoms with E-state index in [0.717, 1.165) is 4.47 Å². The van der Waals surface area contributed by atoms with Crippen molar-refractivity contribution in [2.75, 3.05) is 18.4 Å². The van der Waals surface area contributed by atoms with Gasteiger partial charge in [0, 0.05) is 46.8 Å². The van der Waals surface area contributed by atoms with E-state index in [9.17, 15) is 14.4 Å². The molecule has 0 spiro atoms. The summed E-state index contributed by atoms with van der Waals surface area (Å²) in [4.78, 5) is 46.8. The number of nitrogens with zero attached hydrogens (tertiary/aromatic N) is 2. The van der Waals surface area contributed by atoms with Crippen LogP contribution in [-0.4, -0.2) is 39.8 Å². The Hall–Kier alpha value is -3.00. The van der Waals surface area contributed by atoms with Gasteiger partial charge in [0.2, 0.25) is 11.3 Å². The van der Waals surface area contributed by atoms with Crippen LogP contribution in [0.25, 0.3) is 10.9 Å². The Bertz CT molecular complexity index is 1120. The van der Waals surface area contributed by atoms with Gasteiger partial charge in [0.1, 0.15) is 11.4 Å². The summed E-state index contributed by atoms with van der Waals surface area (Å²) in [7, 11) is 0. The second-order valence-electron chi connectivity index (χ2n) is 6.99. The van der Waals surface area contributed by atoms with Gasteiger partial charge in [-0.25, -0.2) is 4.98 Å². The Labute approximate surface area is 175 Å². The normalized spacial score (nSPS) is 14.7. The van der Waals surface area contributed by atoms with E-state index < -0.39 is 0 Å². The molecular formula is C21H19BrN4O3. The predicted molar refractivity (Wildman–Crippen MR) is 114 cm³/mol. The summed E-state index contributed by atoms with van der Waals surface area (Å²) in [6.45, 7) is 0.855. The Balaban J connectivity index is 1.41. The van der Waals surface area contributed by atoms with Crippen LogP contribution in [0.1, 0.15) is 23.2 Å². The van der Waals surface area contributed by atoms with Crippen molar-refractivity contribution in [2.24, 2.45) is 5.92 Å². The lowest BCUT2D eigenvalue weighted by Crippen LogP contribution is -2.42. The van der Waals surface area contributed by atoms with Crippen molar-refractivity contribution in [3.63, 3.8) is 0 Å². The van der Waals surface area contributed by atoms with Crippen molar-refractivity contribution >= 4 is 44.5 Å². The van der Waals surface area contributed by atoms with Gasteiger partial charge in [-0.1, -0.05) is 12.1 Å². The van der Waals surface area contributed by atoms with E-state index in [1.54, 1.807) is 35.4 Å². The third-order valence-electron chi connectivity index (χ3n) is 5.15. The maximum absolute atomic E-state index is 12.9. The van der Waals surface area contributed by atoms with E-state index >= 15 is 0 Å². The number of amides is 2. The number of likely N-dealkylation sites (tertiary alicyclic amines) is 1. The zero-order valence-corrected chi connectivity index (χ0v) is 17.1. The van der Waals surface area contributed by atoms with E-state index in [1.165, 1.54) is 6.20 Å². The molecule has 29 heavy (non-hydrogen) atoms. The summed E-state index contributed by atoms with van der Waals surface area (Å²) in [5, 5.41) is 3.31. The van der Waals surface area contributed by atoms with Crippen LogP contribution in [0.5, 0.6) is 0 Å². The molecule has 0 radical (unpaired) electrons. The molecule has 0 atom stereocenters. The lowest BCUT2D eigenvalue weighted by atomic mass is 9.95. The third-order valence-corrected chi connectivity index (χ3v) is 5.62. The van der Waals surface area contributed by atoms with Gasteiger partial charge in [0.15, 0.2) is 0 Å². The van der Waals surface area contributed by atoms with Crippen molar-refractivity contribution in [1.29, 1.82) is 0 Å². The number of H-pyrrole nitrogens is 1. The van der Waals surface area contributed by atoms with Crippen LogP contribution in [0.2, 0.25) is 0 Å². The summed E-state index contributed by atoms with van der Waals surface area (Å²) >= 11 is 3.31. The Morgan fingerprint density at radius 2 is 1.90 bits per heavy atom. The van der Waals surface area contributed by atoms with Gasteiger partial charge >= 0.3 is 0 Å². The van der Waals surface area contributed by atoms with Gasteiger partial charge in [-0.15, -0.1) is 0 Å². The smallest absolute Gasteiger partial charge is 0.259 e. The standard InChI is InChI=1S/C21H19BrN4O3/c22-14-5-6-18(24-11-14)25-20(28)13-7-9-26(10-8-13)21(29)16-12-23-17-4-2-1-3-15(17)19(16)27/h1-6,11-13H,7-10H2,(H,23,27)(H,24,25,28). The first-order chi connectivity index (χ1) is 14.0. The van der Waals surface area contributed by atoms with Gasteiger partial charge in [0.05, 0.1) is 0 Å². The fraction of sp³-hybridized carbons (Fsp3) is 0.238. The SMILES string of the molecule is O=C(Nc1ccc(Br)cn1)C1CCN(C(=O)c2c[nH]c3ccccc3c2=O)CC1. The molecule has 1 aliphatic rings. The number of anilines is 1. The Morgan fingerprint density at radius 3 is 2.62 bits per heavy atom. The molecule has 8 heteroatoms. The highest BCUT2D eigenvalue weighted by Crippen LogP contribution is 2.21. The molecule has 2 amide bonds. The van der Waals surface area contributed by atoms with Crippen molar-refractivity contribution in [3.05, 3.63) is 69.1 Å². The quantitative estimate of drug-likeness (QED) is 0.635. The average Bonchev–Trinajstić information content (AvgIpc) is 2.75. The summed E-state index contributed by atoms with van der Waals surface area (Å²) < 4.78 is 0.839. The van der Waals surface area contributed by atoms with Gasteiger partial charge in [-0.05, 0) is 53.0 Å². The highest BCUT2D eigenvalue weighted by atomic mass is 79.9. The van der Waals surface area contributed by atoms with E-state index in [0.29, 0.717) is 42.7 Å². The maximum atomic E-state index is 12.9. The molecule has 2 aromatic heterocycles. The number of piperidine rings is 1. The highest BCUT2D eigenvalue weighted by Gasteiger charge is 2.29. The summed E-state index contributed by atoms with van der Waals surface area (Å²) in [5.41, 5.74) is 0.558. The van der Waals surface area contributed by atoms with E-state index in [2.05, 4.69) is 31.2 Å². The van der Waals surface area contributed by atoms with E-state index in [-0.39, 0.29) is 28.7 Å². The van der Waals surface area contributed by atoms with Crippen molar-refractivity contribution in [2.45, 2.75) is 12.8 Å². The van der Waals surface area contributed by atoms with Crippen molar-refractivity contribution < 1.29 is 9.59 Å². The number of carbonyl (C=O) groups is 2. The number of hydrogen-bond donors (Lipinski definition) is 2. The minimum atomic E-state index is -0.301. The second kappa shape index (κ2) is 8.16. The minimum absolute atomic E-state index is 0.101. The number of hydrogen-bond acceptors (Lipinski definition) is 4. The summed E-state index contributed by atoms with van der Waals surface area (Å²) in [6.07, 6.45) is 4.18. The molecule has 0 bridgehead atoms. The molecule has 148 valence electrons. The predicted octanol–water partition coefficient (Wildman–Crippen LogP) is 3.18. The first kappa shape index (κ1) is 19.3. The highest BCUT2D eigenvalue weighted by molar-refractivity contribution is 9.10. The van der Waals surface area contributed by atoms with Crippen LogP contribution in [-0.2, 0) is 4.79 Å². The largest absolute Gasteiger partial charge is 0.360 e. The number of rotatable bonds is 3. The number of benzene rings is 1. The van der Waals surface area contributed by atoms with Crippen LogP contribution in [0.15, 0.2) is 58.1 Å². The van der Waals surface area contributed by atoms with Crippen molar-refractivity contribution in [1.82, 2.24) is 14.9 Å². The molecule has 0 aliphatic carbocycles. The fourth-order valence-corrected chi connectivity index (χ4v) is 3.75. The summed E-state index contributed by atoms with van der Waals surface area (Å²) in [6, 6.07) is 10.7. The number of carbonyl (C=O) groups excluding carboxylic acids is 2. The Morgan fingerprint density at radius 1 is 1.14 bits per heavy atom. The maximum Gasteiger partial charge on any atom is 0.259 e. The topological polar surface area (TPSA) is 95.2 Å². The van der Waals surface area contributed by atoms with Gasteiger partial charge < -0.3 is 15.2 Å². The molecule has 1 aromatic carbocycles. The molecule has 2 N–H and O–H groups in total. The second-order valence-corrected chi connectivity index (χ2v) is 7.91. The lowest BCUT2D eigenvalue weighted by Gasteiger charge is -2.31. The fourth-order valence-electron chi connectivity index (χ4n) is 3.52. The first-order valence-corrected chi connectivity index (χ1v) is 10.1. The molecule has 3 aromatic rings. The molecule has 0 saturated carbocycles. The zero-order valence-electron chi connectivity index (χ0n) is 15.5.